The average molecular weight is 342 g/mol. The lowest BCUT2D eigenvalue weighted by Gasteiger charge is -2.33. The van der Waals surface area contributed by atoms with Crippen molar-refractivity contribution < 1.29 is 9.41 Å². The Kier molecular flexibility index (Phi) is 6.00. The highest BCUT2D eigenvalue weighted by atomic mass is 35.5. The maximum Gasteiger partial charge on any atom is 0.328 e. The van der Waals surface area contributed by atoms with Crippen molar-refractivity contribution in [3.05, 3.63) is 58.1 Å². The number of quaternary nitrogens is 1. The van der Waals surface area contributed by atoms with Crippen molar-refractivity contribution in [3.63, 3.8) is 0 Å². The molecule has 2 aromatic rings. The first-order valence-corrected chi connectivity index (χ1v) is 8.22. The van der Waals surface area contributed by atoms with Gasteiger partial charge in [-0.25, -0.2) is 0 Å². The molecule has 0 unspecified atom stereocenters. The second-order valence-corrected chi connectivity index (χ2v) is 6.19. The summed E-state index contributed by atoms with van der Waals surface area (Å²) >= 11 is 11.8. The minimum atomic E-state index is -0.274. The molecule has 0 saturated heterocycles. The first-order chi connectivity index (χ1) is 10.6. The summed E-state index contributed by atoms with van der Waals surface area (Å²) < 4.78 is 0.272. The minimum Gasteiger partial charge on any atom is -0.260 e. The van der Waals surface area contributed by atoms with Crippen LogP contribution in [0.3, 0.4) is 0 Å². The molecule has 0 aliphatic heterocycles. The van der Waals surface area contributed by atoms with Gasteiger partial charge in [-0.15, -0.1) is 23.2 Å². The summed E-state index contributed by atoms with van der Waals surface area (Å²) in [6.07, 6.45) is 0. The van der Waals surface area contributed by atoms with E-state index in [4.69, 9.17) is 23.2 Å². The zero-order chi connectivity index (χ0) is 16.0. The molecule has 0 aromatic heterocycles. The van der Waals surface area contributed by atoms with E-state index in [0.717, 1.165) is 16.3 Å². The molecule has 2 aromatic carbocycles. The van der Waals surface area contributed by atoms with Gasteiger partial charge in [0.25, 0.3) is 0 Å². The SMILES string of the molecule is O=[N+]([O-])C[N+](CCCl)(CCCl)Cc1cccc2ccccc12. The van der Waals surface area contributed by atoms with Gasteiger partial charge in [0, 0.05) is 5.56 Å². The van der Waals surface area contributed by atoms with Gasteiger partial charge in [-0.3, -0.25) is 14.6 Å². The molecule has 0 aliphatic rings. The number of rotatable bonds is 8. The van der Waals surface area contributed by atoms with Crippen molar-refractivity contribution in [1.29, 1.82) is 0 Å². The predicted octanol–water partition coefficient (Wildman–Crippen LogP) is 3.87. The van der Waals surface area contributed by atoms with Gasteiger partial charge in [-0.2, -0.15) is 0 Å². The summed E-state index contributed by atoms with van der Waals surface area (Å²) in [6, 6.07) is 14.1. The number of nitro groups is 1. The number of alkyl halides is 2. The number of fused-ring (bicyclic) bond motifs is 1. The molecule has 118 valence electrons. The van der Waals surface area contributed by atoms with E-state index in [1.807, 2.05) is 42.5 Å². The van der Waals surface area contributed by atoms with E-state index in [1.54, 1.807) is 0 Å². The lowest BCUT2D eigenvalue weighted by molar-refractivity contribution is -0.998. The second kappa shape index (κ2) is 7.77. The van der Waals surface area contributed by atoms with Crippen molar-refractivity contribution in [2.75, 3.05) is 31.5 Å². The van der Waals surface area contributed by atoms with Crippen LogP contribution in [0.4, 0.5) is 0 Å². The number of benzene rings is 2. The van der Waals surface area contributed by atoms with E-state index < -0.39 is 0 Å². The molecule has 0 fully saturated rings. The number of hydrogen-bond acceptors (Lipinski definition) is 2. The van der Waals surface area contributed by atoms with E-state index >= 15 is 0 Å². The fraction of sp³-hybridized carbons (Fsp3) is 0.375. The Morgan fingerprint density at radius 1 is 1.00 bits per heavy atom. The van der Waals surface area contributed by atoms with Gasteiger partial charge >= 0.3 is 6.67 Å². The Labute approximate surface area is 140 Å². The number of hydrogen-bond donors (Lipinski definition) is 0. The average Bonchev–Trinajstić information content (AvgIpc) is 2.47. The van der Waals surface area contributed by atoms with Crippen LogP contribution in [0.2, 0.25) is 0 Å². The summed E-state index contributed by atoms with van der Waals surface area (Å²) in [5, 5.41) is 13.4. The fourth-order valence-corrected chi connectivity index (χ4v) is 3.57. The van der Waals surface area contributed by atoms with Crippen molar-refractivity contribution >= 4 is 34.0 Å². The zero-order valence-electron chi connectivity index (χ0n) is 12.3. The third-order valence-electron chi connectivity index (χ3n) is 3.92. The zero-order valence-corrected chi connectivity index (χ0v) is 13.8. The summed E-state index contributed by atoms with van der Waals surface area (Å²) in [4.78, 5) is 10.8. The predicted molar refractivity (Wildman–Crippen MR) is 90.9 cm³/mol. The molecule has 0 atom stereocenters. The molecule has 0 bridgehead atoms. The van der Waals surface area contributed by atoms with Crippen LogP contribution >= 0.6 is 23.2 Å². The summed E-state index contributed by atoms with van der Waals surface area (Å²) in [5.74, 6) is 0.741. The standard InChI is InChI=1S/C16H19Cl2N2O2/c17-8-10-20(11-9-18,13-19(21)22)12-15-6-3-5-14-4-1-2-7-16(14)15/h1-7H,8-13H2/q+1. The highest BCUT2D eigenvalue weighted by Gasteiger charge is 2.32. The maximum absolute atomic E-state index is 11.1. The highest BCUT2D eigenvalue weighted by Crippen LogP contribution is 2.23. The van der Waals surface area contributed by atoms with Gasteiger partial charge in [0.1, 0.15) is 6.54 Å². The number of nitrogens with zero attached hydrogens (tertiary/aromatic N) is 2. The first-order valence-electron chi connectivity index (χ1n) is 7.16. The molecule has 0 heterocycles. The Morgan fingerprint density at radius 3 is 2.27 bits per heavy atom. The van der Waals surface area contributed by atoms with Gasteiger partial charge in [-0.05, 0) is 10.8 Å². The monoisotopic (exact) mass is 341 g/mol. The molecule has 0 amide bonds. The maximum atomic E-state index is 11.1. The summed E-state index contributed by atoms with van der Waals surface area (Å²) in [6.45, 7) is 1.45. The summed E-state index contributed by atoms with van der Waals surface area (Å²) in [5.41, 5.74) is 1.09. The molecule has 0 N–H and O–H groups in total. The Morgan fingerprint density at radius 2 is 1.64 bits per heavy atom. The van der Waals surface area contributed by atoms with Gasteiger partial charge in [0.05, 0.1) is 29.8 Å². The van der Waals surface area contributed by atoms with Crippen LogP contribution in [-0.4, -0.2) is 40.9 Å². The van der Waals surface area contributed by atoms with Crippen molar-refractivity contribution in [1.82, 2.24) is 0 Å². The molecule has 4 nitrogen and oxygen atoms in total. The van der Waals surface area contributed by atoms with Crippen molar-refractivity contribution in [3.8, 4) is 0 Å². The summed E-state index contributed by atoms with van der Waals surface area (Å²) in [7, 11) is 0. The second-order valence-electron chi connectivity index (χ2n) is 5.44. The van der Waals surface area contributed by atoms with Gasteiger partial charge in [-0.1, -0.05) is 42.5 Å². The van der Waals surface area contributed by atoms with E-state index in [1.165, 1.54) is 0 Å². The normalized spacial score (nSPS) is 11.7. The van der Waals surface area contributed by atoms with E-state index in [-0.39, 0.29) is 16.1 Å². The third-order valence-corrected chi connectivity index (χ3v) is 4.26. The molecule has 0 saturated carbocycles. The Hall–Kier alpha value is -1.36. The van der Waals surface area contributed by atoms with Crippen LogP contribution in [0.5, 0.6) is 0 Å². The van der Waals surface area contributed by atoms with Crippen molar-refractivity contribution in [2.45, 2.75) is 6.54 Å². The van der Waals surface area contributed by atoms with E-state index in [9.17, 15) is 10.1 Å². The van der Waals surface area contributed by atoms with Gasteiger partial charge in [0.15, 0.2) is 0 Å². The van der Waals surface area contributed by atoms with Crippen molar-refractivity contribution in [2.24, 2.45) is 0 Å². The van der Waals surface area contributed by atoms with Crippen LogP contribution in [0.15, 0.2) is 42.5 Å². The fourth-order valence-electron chi connectivity index (χ4n) is 2.86. The molecule has 0 aliphatic carbocycles. The molecule has 0 radical (unpaired) electrons. The van der Waals surface area contributed by atoms with Crippen LogP contribution < -0.4 is 0 Å². The Bertz CT molecular complexity index is 638. The van der Waals surface area contributed by atoms with Crippen LogP contribution in [0.25, 0.3) is 10.8 Å². The lowest BCUT2D eigenvalue weighted by Crippen LogP contribution is -2.52. The quantitative estimate of drug-likeness (QED) is 0.240. The lowest BCUT2D eigenvalue weighted by atomic mass is 10.0. The van der Waals surface area contributed by atoms with Crippen LogP contribution in [0, 0.1) is 10.1 Å². The van der Waals surface area contributed by atoms with Gasteiger partial charge < -0.3 is 0 Å². The van der Waals surface area contributed by atoms with Crippen LogP contribution in [0.1, 0.15) is 5.56 Å². The minimum absolute atomic E-state index is 0.164. The highest BCUT2D eigenvalue weighted by molar-refractivity contribution is 6.18. The largest absolute Gasteiger partial charge is 0.328 e. The smallest absolute Gasteiger partial charge is 0.260 e. The van der Waals surface area contributed by atoms with E-state index in [0.29, 0.717) is 31.4 Å². The molecule has 0 spiro atoms. The molecular formula is C16H19Cl2N2O2+. The van der Waals surface area contributed by atoms with Gasteiger partial charge in [0.2, 0.25) is 0 Å². The number of halogens is 2. The molecular weight excluding hydrogens is 323 g/mol. The first kappa shape index (κ1) is 17.0. The molecule has 2 rings (SSSR count). The van der Waals surface area contributed by atoms with E-state index in [2.05, 4.69) is 0 Å². The third kappa shape index (κ3) is 4.09. The molecule has 6 heteroatoms. The Balaban J connectivity index is 2.41. The molecule has 22 heavy (non-hydrogen) atoms. The topological polar surface area (TPSA) is 43.1 Å². The van der Waals surface area contributed by atoms with Crippen LogP contribution in [-0.2, 0) is 6.54 Å².